The van der Waals surface area contributed by atoms with E-state index in [0.717, 1.165) is 0 Å². The highest BCUT2D eigenvalue weighted by Crippen LogP contribution is 2.19. The van der Waals surface area contributed by atoms with Crippen LogP contribution in [0.25, 0.3) is 0 Å². The zero-order valence-corrected chi connectivity index (χ0v) is 11.5. The van der Waals surface area contributed by atoms with Crippen molar-refractivity contribution in [3.8, 4) is 0 Å². The summed E-state index contributed by atoms with van der Waals surface area (Å²) in [5, 5.41) is 8.87. The zero-order chi connectivity index (χ0) is 15.5. The molecule has 0 spiro atoms. The summed E-state index contributed by atoms with van der Waals surface area (Å²) >= 11 is 0. The third kappa shape index (κ3) is 4.66. The number of rotatable bonds is 4. The lowest BCUT2D eigenvalue weighted by atomic mass is 9.94. The minimum Gasteiger partial charge on any atom is -0.481 e. The largest absolute Gasteiger partial charge is 0.481 e. The van der Waals surface area contributed by atoms with Crippen molar-refractivity contribution in [2.24, 2.45) is 11.8 Å². The molecule has 1 fully saturated rings. The first-order chi connectivity index (χ1) is 9.11. The second kappa shape index (κ2) is 6.43. The molecule has 0 radical (unpaired) electrons. The maximum absolute atomic E-state index is 12.2. The SMILES string of the molecule is CC(C(=O)O)C(C)C(=O)N1CCN(CC(F)(F)F)CC1. The molecule has 1 heterocycles. The molecule has 0 aromatic heterocycles. The Labute approximate surface area is 115 Å². The number of hydrogen-bond donors (Lipinski definition) is 1. The molecule has 1 saturated heterocycles. The van der Waals surface area contributed by atoms with E-state index in [4.69, 9.17) is 5.11 Å². The van der Waals surface area contributed by atoms with Crippen LogP contribution in [0.15, 0.2) is 0 Å². The average molecular weight is 296 g/mol. The first-order valence-corrected chi connectivity index (χ1v) is 6.42. The number of piperazine rings is 1. The van der Waals surface area contributed by atoms with E-state index in [1.54, 1.807) is 0 Å². The van der Waals surface area contributed by atoms with Crippen LogP contribution in [-0.2, 0) is 9.59 Å². The van der Waals surface area contributed by atoms with Crippen molar-refractivity contribution in [3.63, 3.8) is 0 Å². The quantitative estimate of drug-likeness (QED) is 0.842. The van der Waals surface area contributed by atoms with Gasteiger partial charge in [0.2, 0.25) is 5.91 Å². The van der Waals surface area contributed by atoms with Gasteiger partial charge in [-0.05, 0) is 0 Å². The van der Waals surface area contributed by atoms with Crippen LogP contribution in [0.4, 0.5) is 13.2 Å². The van der Waals surface area contributed by atoms with Gasteiger partial charge in [-0.1, -0.05) is 13.8 Å². The molecule has 1 aliphatic heterocycles. The molecular formula is C12H19F3N2O3. The summed E-state index contributed by atoms with van der Waals surface area (Å²) in [5.74, 6) is -2.86. The number of carboxylic acids is 1. The normalized spacial score (nSPS) is 20.6. The maximum Gasteiger partial charge on any atom is 0.401 e. The summed E-state index contributed by atoms with van der Waals surface area (Å²) in [4.78, 5) is 25.6. The molecule has 1 N–H and O–H groups in total. The second-order valence-corrected chi connectivity index (χ2v) is 5.13. The molecule has 0 aliphatic carbocycles. The van der Waals surface area contributed by atoms with E-state index in [9.17, 15) is 22.8 Å². The molecule has 1 aliphatic rings. The number of carbonyl (C=O) groups excluding carboxylic acids is 1. The Bertz CT molecular complexity index is 365. The summed E-state index contributed by atoms with van der Waals surface area (Å²) in [6.07, 6.45) is -4.24. The van der Waals surface area contributed by atoms with Gasteiger partial charge in [0.1, 0.15) is 0 Å². The van der Waals surface area contributed by atoms with Gasteiger partial charge in [-0.2, -0.15) is 13.2 Å². The van der Waals surface area contributed by atoms with Gasteiger partial charge in [-0.3, -0.25) is 14.5 Å². The molecule has 116 valence electrons. The van der Waals surface area contributed by atoms with E-state index in [1.165, 1.54) is 23.6 Å². The van der Waals surface area contributed by atoms with Crippen LogP contribution in [0.5, 0.6) is 0 Å². The number of nitrogens with zero attached hydrogens (tertiary/aromatic N) is 2. The van der Waals surface area contributed by atoms with E-state index >= 15 is 0 Å². The molecule has 0 aromatic carbocycles. The number of alkyl halides is 3. The van der Waals surface area contributed by atoms with E-state index in [0.29, 0.717) is 0 Å². The molecule has 2 unspecified atom stereocenters. The fourth-order valence-corrected chi connectivity index (χ4v) is 2.10. The van der Waals surface area contributed by atoms with Gasteiger partial charge >= 0.3 is 12.1 Å². The molecular weight excluding hydrogens is 277 g/mol. The molecule has 0 bridgehead atoms. The van der Waals surface area contributed by atoms with E-state index in [-0.39, 0.29) is 32.1 Å². The standard InChI is InChI=1S/C12H19F3N2O3/c1-8(9(2)11(19)20)10(18)17-5-3-16(4-6-17)7-12(13,14)15/h8-9H,3-7H2,1-2H3,(H,19,20). The predicted octanol–water partition coefficient (Wildman–Crippen LogP) is 1.05. The minimum absolute atomic E-state index is 0.152. The molecule has 2 atom stereocenters. The topological polar surface area (TPSA) is 60.9 Å². The number of aliphatic carboxylic acids is 1. The summed E-state index contributed by atoms with van der Waals surface area (Å²) in [6.45, 7) is 2.71. The fourth-order valence-electron chi connectivity index (χ4n) is 2.10. The van der Waals surface area contributed by atoms with Gasteiger partial charge in [-0.15, -0.1) is 0 Å². The van der Waals surface area contributed by atoms with Crippen molar-refractivity contribution in [2.45, 2.75) is 20.0 Å². The third-order valence-corrected chi connectivity index (χ3v) is 3.62. The molecule has 8 heteroatoms. The zero-order valence-electron chi connectivity index (χ0n) is 11.5. The average Bonchev–Trinajstić information content (AvgIpc) is 2.35. The smallest absolute Gasteiger partial charge is 0.401 e. The van der Waals surface area contributed by atoms with Crippen LogP contribution in [-0.4, -0.2) is 65.7 Å². The summed E-state index contributed by atoms with van der Waals surface area (Å²) in [5.41, 5.74) is 0. The first kappa shape index (κ1) is 16.7. The molecule has 0 aromatic rings. The Morgan fingerprint density at radius 1 is 1.10 bits per heavy atom. The number of hydrogen-bond acceptors (Lipinski definition) is 3. The maximum atomic E-state index is 12.2. The van der Waals surface area contributed by atoms with Gasteiger partial charge in [0.05, 0.1) is 12.5 Å². The van der Waals surface area contributed by atoms with Crippen molar-refractivity contribution in [1.82, 2.24) is 9.80 Å². The molecule has 1 amide bonds. The van der Waals surface area contributed by atoms with E-state index in [2.05, 4.69) is 0 Å². The van der Waals surface area contributed by atoms with Crippen LogP contribution >= 0.6 is 0 Å². The lowest BCUT2D eigenvalue weighted by molar-refractivity contribution is -0.155. The first-order valence-electron chi connectivity index (χ1n) is 6.42. The van der Waals surface area contributed by atoms with Crippen molar-refractivity contribution in [2.75, 3.05) is 32.7 Å². The van der Waals surface area contributed by atoms with Gasteiger partial charge in [0, 0.05) is 32.1 Å². The summed E-state index contributed by atoms with van der Waals surface area (Å²) in [7, 11) is 0. The lowest BCUT2D eigenvalue weighted by Gasteiger charge is -2.36. The highest BCUT2D eigenvalue weighted by molar-refractivity contribution is 5.84. The van der Waals surface area contributed by atoms with Crippen LogP contribution < -0.4 is 0 Å². The molecule has 1 rings (SSSR count). The number of amides is 1. The monoisotopic (exact) mass is 296 g/mol. The van der Waals surface area contributed by atoms with Crippen molar-refractivity contribution in [1.29, 1.82) is 0 Å². The molecule has 0 saturated carbocycles. The number of halogens is 3. The molecule has 5 nitrogen and oxygen atoms in total. The Balaban J connectivity index is 2.49. The minimum atomic E-state index is -4.24. The second-order valence-electron chi connectivity index (χ2n) is 5.13. The Morgan fingerprint density at radius 2 is 1.60 bits per heavy atom. The van der Waals surface area contributed by atoms with Crippen molar-refractivity contribution in [3.05, 3.63) is 0 Å². The Hall–Kier alpha value is -1.31. The lowest BCUT2D eigenvalue weighted by Crippen LogP contribution is -2.52. The van der Waals surface area contributed by atoms with Crippen molar-refractivity contribution < 1.29 is 27.9 Å². The third-order valence-electron chi connectivity index (χ3n) is 3.62. The van der Waals surface area contributed by atoms with Crippen LogP contribution in [0.2, 0.25) is 0 Å². The predicted molar refractivity (Wildman–Crippen MR) is 65.0 cm³/mol. The summed E-state index contributed by atoms with van der Waals surface area (Å²) in [6, 6.07) is 0. The van der Waals surface area contributed by atoms with Crippen LogP contribution in [0.3, 0.4) is 0 Å². The van der Waals surface area contributed by atoms with E-state index in [1.807, 2.05) is 0 Å². The van der Waals surface area contributed by atoms with Gasteiger partial charge in [0.15, 0.2) is 0 Å². The highest BCUT2D eigenvalue weighted by atomic mass is 19.4. The van der Waals surface area contributed by atoms with E-state index < -0.39 is 30.5 Å². The van der Waals surface area contributed by atoms with Crippen LogP contribution in [0, 0.1) is 11.8 Å². The van der Waals surface area contributed by atoms with Gasteiger partial charge < -0.3 is 10.0 Å². The van der Waals surface area contributed by atoms with Crippen LogP contribution in [0.1, 0.15) is 13.8 Å². The fraction of sp³-hybridized carbons (Fsp3) is 0.833. The summed E-state index contributed by atoms with van der Waals surface area (Å²) < 4.78 is 36.7. The Kier molecular flexibility index (Phi) is 5.38. The van der Waals surface area contributed by atoms with Crippen molar-refractivity contribution >= 4 is 11.9 Å². The Morgan fingerprint density at radius 3 is 2.00 bits per heavy atom. The number of carbonyl (C=O) groups is 2. The van der Waals surface area contributed by atoms with Gasteiger partial charge in [0.25, 0.3) is 0 Å². The number of carboxylic acid groups (broad SMARTS) is 1. The van der Waals surface area contributed by atoms with Gasteiger partial charge in [-0.25, -0.2) is 0 Å². The highest BCUT2D eigenvalue weighted by Gasteiger charge is 2.35. The molecule has 20 heavy (non-hydrogen) atoms.